The number of nitrogens with zero attached hydrogens (tertiary/aromatic N) is 2. The number of amides is 1. The molecule has 16 heteroatoms. The molecule has 3 rings (SSSR count). The second kappa shape index (κ2) is 8.50. The number of carboxylic acids is 1. The Balaban J connectivity index is 0.000000540. The third-order valence-corrected chi connectivity index (χ3v) is 6.91. The molecule has 0 aromatic heterocycles. The van der Waals surface area contributed by atoms with Gasteiger partial charge in [-0.3, -0.25) is 9.69 Å². The van der Waals surface area contributed by atoms with Crippen molar-refractivity contribution in [2.24, 2.45) is 16.6 Å². The van der Waals surface area contributed by atoms with Crippen molar-refractivity contribution in [2.45, 2.75) is 42.3 Å². The highest BCUT2D eigenvalue weighted by Gasteiger charge is 2.65. The van der Waals surface area contributed by atoms with Gasteiger partial charge in [-0.05, 0) is 37.5 Å². The standard InChI is InChI=1S/C17H22F5N3O2S.C2HF3O2/c1-17(12-4-3-9-27-10-12)14(15(26)25(2)16(23)24-17)11-5-7-13(8-6-11)28(18,19,20,21)22;3-2(4,5)1(6)7/h5-8,12,14H,3-4,9-10H2,1-2H3,(H2,23,24);(H,6,7)/t12?,14-,17+;/m0./s1. The highest BCUT2D eigenvalue weighted by molar-refractivity contribution is 8.45. The molecular formula is C19H23F8N3O4S. The normalized spacial score (nSPS) is 27.7. The van der Waals surface area contributed by atoms with Crippen molar-refractivity contribution in [3.8, 4) is 0 Å². The average Bonchev–Trinajstić information content (AvgIpc) is 2.71. The van der Waals surface area contributed by atoms with Gasteiger partial charge in [-0.15, -0.1) is 0 Å². The summed E-state index contributed by atoms with van der Waals surface area (Å²) in [6.45, 7) is 2.60. The van der Waals surface area contributed by atoms with Crippen LogP contribution in [0.15, 0.2) is 34.2 Å². The lowest BCUT2D eigenvalue weighted by molar-refractivity contribution is -0.192. The molecule has 3 atom stereocenters. The van der Waals surface area contributed by atoms with Crippen molar-refractivity contribution in [3.63, 3.8) is 0 Å². The Kier molecular flexibility index (Phi) is 6.95. The van der Waals surface area contributed by atoms with E-state index in [1.54, 1.807) is 6.92 Å². The fourth-order valence-electron chi connectivity index (χ4n) is 3.87. The Labute approximate surface area is 194 Å². The van der Waals surface area contributed by atoms with Crippen LogP contribution >= 0.6 is 10.2 Å². The van der Waals surface area contributed by atoms with Gasteiger partial charge in [0.05, 0.1) is 18.1 Å². The first kappa shape index (κ1) is 28.6. The number of alkyl halides is 3. The molecule has 2 aliphatic rings. The van der Waals surface area contributed by atoms with Gasteiger partial charge in [0, 0.05) is 19.6 Å². The molecule has 1 amide bonds. The van der Waals surface area contributed by atoms with E-state index in [1.807, 2.05) is 0 Å². The Morgan fingerprint density at radius 2 is 1.71 bits per heavy atom. The Morgan fingerprint density at radius 3 is 2.11 bits per heavy atom. The molecule has 2 aliphatic heterocycles. The molecule has 1 saturated heterocycles. The van der Waals surface area contributed by atoms with Gasteiger partial charge in [0.2, 0.25) is 5.91 Å². The van der Waals surface area contributed by atoms with Gasteiger partial charge in [0.25, 0.3) is 0 Å². The molecule has 3 N–H and O–H groups in total. The minimum Gasteiger partial charge on any atom is -0.475 e. The summed E-state index contributed by atoms with van der Waals surface area (Å²) < 4.78 is 102. The third-order valence-electron chi connectivity index (χ3n) is 5.75. The topological polar surface area (TPSA) is 105 Å². The van der Waals surface area contributed by atoms with E-state index in [4.69, 9.17) is 20.4 Å². The summed E-state index contributed by atoms with van der Waals surface area (Å²) in [5.74, 6) is -4.38. The van der Waals surface area contributed by atoms with Crippen LogP contribution in [-0.4, -0.2) is 59.8 Å². The summed E-state index contributed by atoms with van der Waals surface area (Å²) in [5.41, 5.74) is 4.99. The van der Waals surface area contributed by atoms with Crippen LogP contribution in [0.2, 0.25) is 0 Å². The number of ether oxygens (including phenoxy) is 1. The molecule has 200 valence electrons. The molecule has 0 saturated carbocycles. The molecule has 1 unspecified atom stereocenters. The zero-order valence-electron chi connectivity index (χ0n) is 18.4. The first-order valence-corrected chi connectivity index (χ1v) is 11.9. The van der Waals surface area contributed by atoms with Gasteiger partial charge >= 0.3 is 22.4 Å². The van der Waals surface area contributed by atoms with Crippen molar-refractivity contribution in [2.75, 3.05) is 20.3 Å². The molecule has 7 nitrogen and oxygen atoms in total. The van der Waals surface area contributed by atoms with Gasteiger partial charge in [0.1, 0.15) is 4.90 Å². The molecule has 1 aromatic rings. The number of aliphatic imine (C=N–C) groups is 1. The number of hydrogen-bond acceptors (Lipinski definition) is 5. The van der Waals surface area contributed by atoms with Crippen LogP contribution in [0.25, 0.3) is 0 Å². The lowest BCUT2D eigenvalue weighted by Crippen LogP contribution is -2.57. The van der Waals surface area contributed by atoms with Crippen LogP contribution in [0, 0.1) is 5.92 Å². The molecule has 0 spiro atoms. The lowest BCUT2D eigenvalue weighted by atomic mass is 9.69. The molecule has 0 aliphatic carbocycles. The molecule has 1 aromatic carbocycles. The fourth-order valence-corrected chi connectivity index (χ4v) is 4.52. The van der Waals surface area contributed by atoms with Gasteiger partial charge in [-0.2, -0.15) is 13.2 Å². The number of guanidine groups is 1. The van der Waals surface area contributed by atoms with Crippen LogP contribution in [0.5, 0.6) is 0 Å². The fraction of sp³-hybridized carbons (Fsp3) is 0.526. The van der Waals surface area contributed by atoms with Gasteiger partial charge in [-0.1, -0.05) is 31.6 Å². The van der Waals surface area contributed by atoms with Crippen molar-refractivity contribution in [3.05, 3.63) is 29.8 Å². The van der Waals surface area contributed by atoms with Crippen LogP contribution in [-0.2, 0) is 14.3 Å². The second-order valence-electron chi connectivity index (χ2n) is 8.28. The van der Waals surface area contributed by atoms with Crippen LogP contribution in [0.4, 0.5) is 32.6 Å². The number of aliphatic carboxylic acids is 1. The zero-order valence-corrected chi connectivity index (χ0v) is 19.2. The van der Waals surface area contributed by atoms with Crippen LogP contribution < -0.4 is 5.73 Å². The number of nitrogens with two attached hydrogens (primary N) is 1. The van der Waals surface area contributed by atoms with Crippen molar-refractivity contribution in [1.82, 2.24) is 4.90 Å². The molecule has 0 bridgehead atoms. The van der Waals surface area contributed by atoms with E-state index in [0.717, 1.165) is 23.5 Å². The second-order valence-corrected chi connectivity index (χ2v) is 10.7. The van der Waals surface area contributed by atoms with Crippen molar-refractivity contribution in [1.29, 1.82) is 0 Å². The number of halogens is 8. The summed E-state index contributed by atoms with van der Waals surface area (Å²) in [7, 11) is -8.38. The molecular weight excluding hydrogens is 518 g/mol. The minimum absolute atomic E-state index is 0.00189. The Hall–Kier alpha value is -2.62. The number of carbonyl (C=O) groups excluding carboxylic acids is 1. The number of hydrogen-bond donors (Lipinski definition) is 2. The zero-order chi connectivity index (χ0) is 27.1. The summed E-state index contributed by atoms with van der Waals surface area (Å²) in [6.07, 6.45) is -3.64. The van der Waals surface area contributed by atoms with E-state index in [2.05, 4.69) is 4.99 Å². The summed E-state index contributed by atoms with van der Waals surface area (Å²) in [5, 5.41) is 7.12. The van der Waals surface area contributed by atoms with Crippen LogP contribution in [0.3, 0.4) is 0 Å². The maximum absolute atomic E-state index is 13.0. The summed E-state index contributed by atoms with van der Waals surface area (Å²) in [4.78, 5) is 25.5. The number of likely N-dealkylation sites (N-methyl/N-ethyl adjacent to an activating group) is 1. The summed E-state index contributed by atoms with van der Waals surface area (Å²) >= 11 is 0. The number of carbonyl (C=O) groups is 2. The van der Waals surface area contributed by atoms with Crippen molar-refractivity contribution < 1.29 is 52.0 Å². The number of benzene rings is 1. The largest absolute Gasteiger partial charge is 0.490 e. The van der Waals surface area contributed by atoms with Gasteiger partial charge in [0.15, 0.2) is 5.96 Å². The first-order chi connectivity index (χ1) is 15.6. The maximum Gasteiger partial charge on any atom is 0.490 e. The lowest BCUT2D eigenvalue weighted by Gasteiger charge is -2.46. The number of carboxylic acid groups (broad SMARTS) is 1. The summed E-state index contributed by atoms with van der Waals surface area (Å²) in [6, 6.07) is 2.48. The average molecular weight is 541 g/mol. The molecule has 0 radical (unpaired) electrons. The molecule has 1 fully saturated rings. The third kappa shape index (κ3) is 6.54. The number of rotatable bonds is 3. The minimum atomic E-state index is -9.79. The molecule has 2 heterocycles. The smallest absolute Gasteiger partial charge is 0.475 e. The quantitative estimate of drug-likeness (QED) is 0.523. The monoisotopic (exact) mass is 541 g/mol. The van der Waals surface area contributed by atoms with Crippen LogP contribution in [0.1, 0.15) is 31.2 Å². The van der Waals surface area contributed by atoms with E-state index in [9.17, 15) is 37.4 Å². The maximum atomic E-state index is 13.0. The highest BCUT2D eigenvalue weighted by Crippen LogP contribution is 3.02. The SMILES string of the molecule is CN1C(=O)[C@H](c2ccc(S(F)(F)(F)(F)F)cc2)[C@@](C)(C2CCCOC2)N=C1N.O=C(O)C(F)(F)F. The molecule has 35 heavy (non-hydrogen) atoms. The van der Waals surface area contributed by atoms with Crippen molar-refractivity contribution >= 4 is 28.1 Å². The Morgan fingerprint density at radius 1 is 1.20 bits per heavy atom. The predicted molar refractivity (Wildman–Crippen MR) is 111 cm³/mol. The van der Waals surface area contributed by atoms with E-state index >= 15 is 0 Å². The first-order valence-electron chi connectivity index (χ1n) is 9.92. The van der Waals surface area contributed by atoms with Gasteiger partial charge < -0.3 is 15.6 Å². The Bertz CT molecular complexity index is 1010. The van der Waals surface area contributed by atoms with E-state index in [-0.39, 0.29) is 17.4 Å². The van der Waals surface area contributed by atoms with E-state index in [1.165, 1.54) is 7.05 Å². The van der Waals surface area contributed by atoms with Gasteiger partial charge in [-0.25, -0.2) is 9.79 Å². The van der Waals surface area contributed by atoms with E-state index in [0.29, 0.717) is 31.8 Å². The predicted octanol–water partition coefficient (Wildman–Crippen LogP) is 5.03. The highest BCUT2D eigenvalue weighted by atomic mass is 32.5. The van der Waals surface area contributed by atoms with E-state index < -0.39 is 44.6 Å².